The highest BCUT2D eigenvalue weighted by Gasteiger charge is 2.00. The van der Waals surface area contributed by atoms with Crippen LogP contribution in [0, 0.1) is 6.34 Å². The largest absolute Gasteiger partial charge is 0.292 e. The van der Waals surface area contributed by atoms with E-state index in [9.17, 15) is 0 Å². The third kappa shape index (κ3) is 0.391. The summed E-state index contributed by atoms with van der Waals surface area (Å²) >= 11 is 1.69. The molecule has 0 fully saturated rings. The monoisotopic (exact) mass is 124 g/mol. The molecule has 8 heavy (non-hydrogen) atoms. The van der Waals surface area contributed by atoms with Crippen LogP contribution < -0.4 is 14.2 Å². The highest BCUT2D eigenvalue weighted by Crippen LogP contribution is 1.80. The minimum atomic E-state index is 1.20. The van der Waals surface area contributed by atoms with Gasteiger partial charge in [-0.1, -0.05) is 16.7 Å². The molecule has 0 unspecified atom stereocenters. The van der Waals surface area contributed by atoms with Crippen molar-refractivity contribution in [3.63, 3.8) is 0 Å². The standard InChI is InChI=1S/C5H4N2S/c1-2-8-5-3-6-4-7(1)5/h1-4H/q+1. The van der Waals surface area contributed by atoms with Gasteiger partial charge in [0.05, 0.1) is 0 Å². The van der Waals surface area contributed by atoms with E-state index in [1.54, 1.807) is 17.7 Å². The average Bonchev–Trinajstić information content (AvgIpc) is 2.15. The number of aromatic nitrogens is 1. The van der Waals surface area contributed by atoms with Crippen LogP contribution in [0.4, 0.5) is 0 Å². The lowest BCUT2D eigenvalue weighted by Crippen LogP contribution is -2.27. The van der Waals surface area contributed by atoms with Gasteiger partial charge in [0.2, 0.25) is 4.66 Å². The SMILES string of the molecule is C1=c2scc[n+]2=C[N]1. The maximum Gasteiger partial charge on any atom is 0.292 e. The van der Waals surface area contributed by atoms with Crippen LogP contribution in [0.25, 0.3) is 6.20 Å². The first kappa shape index (κ1) is 4.09. The fraction of sp³-hybridized carbons (Fsp3) is 0. The van der Waals surface area contributed by atoms with Crippen LogP contribution in [-0.4, -0.2) is 0 Å². The molecule has 0 aromatic carbocycles. The van der Waals surface area contributed by atoms with Crippen molar-refractivity contribution >= 4 is 17.5 Å². The average molecular weight is 124 g/mol. The van der Waals surface area contributed by atoms with Crippen molar-refractivity contribution in [1.82, 2.24) is 5.32 Å². The van der Waals surface area contributed by atoms with Crippen molar-refractivity contribution in [3.05, 3.63) is 22.6 Å². The van der Waals surface area contributed by atoms with Gasteiger partial charge < -0.3 is 0 Å². The van der Waals surface area contributed by atoms with E-state index in [1.165, 1.54) is 4.66 Å². The number of rotatable bonds is 0. The lowest BCUT2D eigenvalue weighted by atomic mass is 10.9. The summed E-state index contributed by atoms with van der Waals surface area (Å²) in [6.07, 6.45) is 5.64. The van der Waals surface area contributed by atoms with E-state index in [4.69, 9.17) is 0 Å². The van der Waals surface area contributed by atoms with Gasteiger partial charge in [0.25, 0.3) is 6.34 Å². The smallest absolute Gasteiger partial charge is 0.189 e. The first-order chi connectivity index (χ1) is 3.97. The number of nitrogens with zero attached hydrogens (tertiary/aromatic N) is 2. The van der Waals surface area contributed by atoms with E-state index < -0.39 is 0 Å². The molecule has 0 spiro atoms. The minimum Gasteiger partial charge on any atom is -0.189 e. The normalized spacial score (nSPS) is 13.5. The predicted octanol–water partition coefficient (Wildman–Crippen LogP) is -0.641. The topological polar surface area (TPSA) is 20.0 Å². The maximum atomic E-state index is 3.93. The number of thiazole rings is 1. The zero-order chi connectivity index (χ0) is 5.40. The maximum absolute atomic E-state index is 3.93. The second-order valence-electron chi connectivity index (χ2n) is 1.54. The fourth-order valence-electron chi connectivity index (χ4n) is 0.661. The van der Waals surface area contributed by atoms with Gasteiger partial charge in [-0.15, -0.1) is 0 Å². The molecule has 1 aromatic rings. The Kier molecular flexibility index (Phi) is 0.676. The summed E-state index contributed by atoms with van der Waals surface area (Å²) in [7, 11) is 0. The molecule has 0 saturated carbocycles. The molecule has 1 aliphatic heterocycles. The highest BCUT2D eigenvalue weighted by molar-refractivity contribution is 7.07. The van der Waals surface area contributed by atoms with Crippen LogP contribution in [0.5, 0.6) is 0 Å². The van der Waals surface area contributed by atoms with Crippen molar-refractivity contribution in [3.8, 4) is 0 Å². The van der Waals surface area contributed by atoms with Gasteiger partial charge in [0, 0.05) is 5.38 Å². The van der Waals surface area contributed by atoms with Crippen LogP contribution in [-0.2, 0) is 0 Å². The van der Waals surface area contributed by atoms with E-state index in [0.29, 0.717) is 0 Å². The number of hydrogen-bond donors (Lipinski definition) is 0. The van der Waals surface area contributed by atoms with Crippen LogP contribution in [0.1, 0.15) is 0 Å². The van der Waals surface area contributed by atoms with Gasteiger partial charge in [-0.05, 0) is 0 Å². The first-order valence-corrected chi connectivity index (χ1v) is 3.20. The lowest BCUT2D eigenvalue weighted by molar-refractivity contribution is -0.515. The lowest BCUT2D eigenvalue weighted by Gasteiger charge is -1.55. The molecule has 1 aromatic heterocycles. The zero-order valence-corrected chi connectivity index (χ0v) is 4.93. The molecule has 1 radical (unpaired) electrons. The van der Waals surface area contributed by atoms with Crippen molar-refractivity contribution < 1.29 is 4.24 Å². The molecule has 3 heteroatoms. The second kappa shape index (κ2) is 1.32. The summed E-state index contributed by atoms with van der Waals surface area (Å²) in [4.78, 5) is 0. The first-order valence-electron chi connectivity index (χ1n) is 2.32. The number of hydrogen-bond acceptors (Lipinski definition) is 1. The Labute approximate surface area is 50.4 Å². The van der Waals surface area contributed by atoms with Gasteiger partial charge in [0.15, 0.2) is 6.20 Å². The molecular weight excluding hydrogens is 120 g/mol. The van der Waals surface area contributed by atoms with E-state index in [-0.39, 0.29) is 0 Å². The zero-order valence-electron chi connectivity index (χ0n) is 4.11. The molecule has 0 saturated heterocycles. The molecular formula is C5H4N2S+. The molecule has 0 atom stereocenters. The Hall–Kier alpha value is -0.830. The predicted molar refractivity (Wildman–Crippen MR) is 30.4 cm³/mol. The molecule has 0 bridgehead atoms. The van der Waals surface area contributed by atoms with Crippen molar-refractivity contribution in [2.45, 2.75) is 0 Å². The van der Waals surface area contributed by atoms with E-state index in [2.05, 4.69) is 5.32 Å². The van der Waals surface area contributed by atoms with Crippen molar-refractivity contribution in [2.24, 2.45) is 0 Å². The fourth-order valence-corrected chi connectivity index (χ4v) is 1.34. The molecule has 39 valence electrons. The molecule has 2 rings (SSSR count). The van der Waals surface area contributed by atoms with Gasteiger partial charge in [0.1, 0.15) is 6.20 Å². The molecule has 0 amide bonds. The van der Waals surface area contributed by atoms with E-state index in [0.717, 1.165) is 0 Å². The third-order valence-electron chi connectivity index (χ3n) is 1.04. The Morgan fingerprint density at radius 1 is 1.62 bits per heavy atom. The van der Waals surface area contributed by atoms with E-state index >= 15 is 0 Å². The second-order valence-corrected chi connectivity index (χ2v) is 2.47. The highest BCUT2D eigenvalue weighted by atomic mass is 32.1. The minimum absolute atomic E-state index is 1.20. The van der Waals surface area contributed by atoms with E-state index in [1.807, 2.05) is 22.0 Å². The Balaban J connectivity index is 3.08. The van der Waals surface area contributed by atoms with Gasteiger partial charge in [-0.2, -0.15) is 4.24 Å². The van der Waals surface area contributed by atoms with Crippen molar-refractivity contribution in [1.29, 1.82) is 0 Å². The van der Waals surface area contributed by atoms with Crippen LogP contribution in [0.2, 0.25) is 0 Å². The number of fused-ring (bicyclic) bond motifs is 1. The summed E-state index contributed by atoms with van der Waals surface area (Å²) in [5.41, 5.74) is 0. The van der Waals surface area contributed by atoms with Crippen LogP contribution in [0.3, 0.4) is 0 Å². The summed E-state index contributed by atoms with van der Waals surface area (Å²) < 4.78 is 3.19. The Bertz CT molecular complexity index is 270. The van der Waals surface area contributed by atoms with Crippen LogP contribution in [0.15, 0.2) is 11.6 Å². The Morgan fingerprint density at radius 2 is 2.62 bits per heavy atom. The summed E-state index contributed by atoms with van der Waals surface area (Å²) in [6, 6.07) is 0. The van der Waals surface area contributed by atoms with Gasteiger partial charge in [-0.3, -0.25) is 0 Å². The third-order valence-corrected chi connectivity index (χ3v) is 1.86. The van der Waals surface area contributed by atoms with Crippen molar-refractivity contribution in [2.75, 3.05) is 0 Å². The van der Waals surface area contributed by atoms with Crippen LogP contribution >= 0.6 is 11.3 Å². The Morgan fingerprint density at radius 3 is 3.50 bits per heavy atom. The molecule has 2 heterocycles. The molecule has 0 aliphatic carbocycles. The summed E-state index contributed by atoms with van der Waals surface area (Å²) in [5.74, 6) is 0. The summed E-state index contributed by atoms with van der Waals surface area (Å²) in [6.45, 7) is 0. The molecule has 1 aliphatic rings. The summed E-state index contributed by atoms with van der Waals surface area (Å²) in [5, 5.41) is 5.97. The molecule has 0 N–H and O–H groups in total. The van der Waals surface area contributed by atoms with Gasteiger partial charge >= 0.3 is 0 Å². The quantitative estimate of drug-likeness (QED) is 0.410. The molecule has 2 nitrogen and oxygen atoms in total. The van der Waals surface area contributed by atoms with Gasteiger partial charge in [-0.25, -0.2) is 0 Å².